The minimum absolute atomic E-state index is 2.19. The van der Waals surface area contributed by atoms with E-state index in [4.69, 9.17) is 13.7 Å². The lowest BCUT2D eigenvalue weighted by Gasteiger charge is -1.80. The van der Waals surface area contributed by atoms with E-state index in [9.17, 15) is 3.89 Å². The van der Waals surface area contributed by atoms with Crippen molar-refractivity contribution in [2.45, 2.75) is 0 Å². The van der Waals surface area contributed by atoms with E-state index >= 15 is 0 Å². The zero-order chi connectivity index (χ0) is 5.91. The van der Waals surface area contributed by atoms with Crippen molar-refractivity contribution in [2.24, 2.45) is 0 Å². The Morgan fingerprint density at radius 3 is 1.86 bits per heavy atom. The molecule has 1 radical (unpaired) electrons. The number of hydrogen-bond donors (Lipinski definition) is 0. The third kappa shape index (κ3) is 5.76. The SMILES string of the molecule is [O]OOS(=O)(=O)F. The molecule has 0 aromatic heterocycles. The van der Waals surface area contributed by atoms with Crippen LogP contribution in [0.15, 0.2) is 0 Å². The molecule has 0 unspecified atom stereocenters. The lowest BCUT2D eigenvalue weighted by atomic mass is 14.6. The van der Waals surface area contributed by atoms with E-state index < -0.39 is 10.5 Å². The molecule has 5 nitrogen and oxygen atoms in total. The second-order valence-corrected chi connectivity index (χ2v) is 1.45. The maximum Gasteiger partial charge on any atom is 0.466 e. The molecule has 0 spiro atoms. The first-order valence-electron chi connectivity index (χ1n) is 0.988. The molecule has 0 N–H and O–H groups in total. The first kappa shape index (κ1) is 6.76. The Morgan fingerprint density at radius 2 is 1.86 bits per heavy atom. The van der Waals surface area contributed by atoms with Gasteiger partial charge in [0.2, 0.25) is 0 Å². The summed E-state index contributed by atoms with van der Waals surface area (Å²) in [7, 11) is -5.21. The van der Waals surface area contributed by atoms with Gasteiger partial charge < -0.3 is 0 Å². The molecular weight excluding hydrogens is 131 g/mol. The fourth-order valence-electron chi connectivity index (χ4n) is 0.0332. The van der Waals surface area contributed by atoms with Crippen LogP contribution in [0.25, 0.3) is 0 Å². The van der Waals surface area contributed by atoms with Crippen molar-refractivity contribution in [2.75, 3.05) is 0 Å². The van der Waals surface area contributed by atoms with E-state index in [1.165, 1.54) is 0 Å². The summed E-state index contributed by atoms with van der Waals surface area (Å²) in [5, 5.41) is 10.8. The predicted octanol–water partition coefficient (Wildman–Crippen LogP) is -0.506. The standard InChI is InChI=1S/FO5S/c1-7(3,4)6-5-2. The van der Waals surface area contributed by atoms with Gasteiger partial charge in [-0.05, 0) is 14.6 Å². The van der Waals surface area contributed by atoms with Crippen molar-refractivity contribution in [3.63, 3.8) is 0 Å². The average molecular weight is 131 g/mol. The molecule has 0 aliphatic carbocycles. The molecule has 0 atom stereocenters. The van der Waals surface area contributed by atoms with Crippen LogP contribution in [0.4, 0.5) is 3.89 Å². The molecule has 0 amide bonds. The third-order valence-electron chi connectivity index (χ3n) is 0.109. The second kappa shape index (κ2) is 2.17. The van der Waals surface area contributed by atoms with Crippen molar-refractivity contribution in [3.05, 3.63) is 0 Å². The molecule has 0 fully saturated rings. The Labute approximate surface area is 38.5 Å². The highest BCUT2D eigenvalue weighted by Gasteiger charge is 2.06. The molecule has 43 valence electrons. The van der Waals surface area contributed by atoms with Crippen LogP contribution in [0.3, 0.4) is 0 Å². The Kier molecular flexibility index (Phi) is 2.09. The Bertz CT molecular complexity index is 121. The molecule has 7 heavy (non-hydrogen) atoms. The molecule has 0 saturated heterocycles. The van der Waals surface area contributed by atoms with Crippen LogP contribution in [0.1, 0.15) is 0 Å². The molecular formula is FO5S. The van der Waals surface area contributed by atoms with Crippen molar-refractivity contribution in [3.8, 4) is 0 Å². The predicted molar refractivity (Wildman–Crippen MR) is 12.9 cm³/mol. The number of halogens is 1. The maximum absolute atomic E-state index is 10.8. The van der Waals surface area contributed by atoms with Crippen molar-refractivity contribution in [1.82, 2.24) is 0 Å². The van der Waals surface area contributed by atoms with Gasteiger partial charge in [0.1, 0.15) is 0 Å². The van der Waals surface area contributed by atoms with Crippen LogP contribution in [0.2, 0.25) is 0 Å². The summed E-state index contributed by atoms with van der Waals surface area (Å²) in [5.74, 6) is 0. The van der Waals surface area contributed by atoms with Gasteiger partial charge >= 0.3 is 10.5 Å². The fraction of sp³-hybridized carbons (Fsp3) is 0. The van der Waals surface area contributed by atoms with Crippen LogP contribution in [-0.2, 0) is 25.1 Å². The molecule has 0 aromatic rings. The third-order valence-corrected chi connectivity index (χ3v) is 0.327. The van der Waals surface area contributed by atoms with Gasteiger partial charge in [-0.25, -0.2) is 0 Å². The van der Waals surface area contributed by atoms with Crippen LogP contribution in [0.5, 0.6) is 0 Å². The molecule has 0 bridgehead atoms. The van der Waals surface area contributed by atoms with Crippen LogP contribution in [0, 0.1) is 0 Å². The molecule has 0 saturated carbocycles. The van der Waals surface area contributed by atoms with Gasteiger partial charge in [0.15, 0.2) is 0 Å². The summed E-state index contributed by atoms with van der Waals surface area (Å²) in [6, 6.07) is 0. The van der Waals surface area contributed by atoms with Gasteiger partial charge in [0, 0.05) is 0 Å². The van der Waals surface area contributed by atoms with Gasteiger partial charge in [-0.2, -0.15) is 8.42 Å². The molecule has 7 heteroatoms. The smallest absolute Gasteiger partial charge is 0.162 e. The zero-order valence-electron chi connectivity index (χ0n) is 2.83. The van der Waals surface area contributed by atoms with E-state index in [1.54, 1.807) is 0 Å². The molecule has 0 rings (SSSR count). The lowest BCUT2D eigenvalue weighted by molar-refractivity contribution is -0.480. The van der Waals surface area contributed by atoms with Crippen molar-refractivity contribution in [1.29, 1.82) is 0 Å². The van der Waals surface area contributed by atoms with E-state index in [2.05, 4.69) is 9.37 Å². The minimum atomic E-state index is -5.21. The van der Waals surface area contributed by atoms with E-state index in [1.807, 2.05) is 0 Å². The first-order valence-corrected chi connectivity index (χ1v) is 2.30. The van der Waals surface area contributed by atoms with E-state index in [-0.39, 0.29) is 0 Å². The zero-order valence-corrected chi connectivity index (χ0v) is 3.64. The van der Waals surface area contributed by atoms with E-state index in [0.29, 0.717) is 0 Å². The van der Waals surface area contributed by atoms with Gasteiger partial charge in [0.25, 0.3) is 0 Å². The monoisotopic (exact) mass is 131 g/mol. The second-order valence-electron chi connectivity index (χ2n) is 0.529. The van der Waals surface area contributed by atoms with Crippen molar-refractivity contribution < 1.29 is 26.9 Å². The number of hydrogen-bond acceptors (Lipinski definition) is 4. The van der Waals surface area contributed by atoms with Gasteiger partial charge in [-0.15, -0.1) is 0 Å². The summed E-state index contributed by atoms with van der Waals surface area (Å²) in [6.07, 6.45) is 0. The molecule has 0 aliphatic heterocycles. The Balaban J connectivity index is 3.60. The summed E-state index contributed by atoms with van der Waals surface area (Å²) < 4.78 is 31.3. The molecule has 0 aliphatic rings. The van der Waals surface area contributed by atoms with Gasteiger partial charge in [-0.3, -0.25) is 0 Å². The largest absolute Gasteiger partial charge is 0.466 e. The number of rotatable bonds is 2. The summed E-state index contributed by atoms with van der Waals surface area (Å²) in [4.78, 5) is 0. The van der Waals surface area contributed by atoms with Gasteiger partial charge in [0.05, 0.1) is 0 Å². The average Bonchev–Trinajstić information content (AvgIpc) is 1.30. The lowest BCUT2D eigenvalue weighted by Crippen LogP contribution is -1.94. The quantitative estimate of drug-likeness (QED) is 0.287. The highest BCUT2D eigenvalue weighted by Crippen LogP contribution is 1.90. The highest BCUT2D eigenvalue weighted by atomic mass is 32.3. The van der Waals surface area contributed by atoms with Crippen LogP contribution < -0.4 is 0 Å². The normalized spacial score (nSPS) is 11.7. The molecule has 0 aromatic carbocycles. The Hall–Kier alpha value is -0.240. The van der Waals surface area contributed by atoms with Gasteiger partial charge in [-0.1, -0.05) is 3.89 Å². The van der Waals surface area contributed by atoms with Crippen LogP contribution >= 0.6 is 0 Å². The minimum Gasteiger partial charge on any atom is -0.162 e. The van der Waals surface area contributed by atoms with E-state index in [0.717, 1.165) is 0 Å². The fourth-order valence-corrected chi connectivity index (χ4v) is 0.0995. The van der Waals surface area contributed by atoms with Crippen molar-refractivity contribution >= 4 is 10.5 Å². The van der Waals surface area contributed by atoms with Crippen LogP contribution in [-0.4, -0.2) is 8.42 Å². The maximum atomic E-state index is 10.8. The molecule has 0 heterocycles. The summed E-state index contributed by atoms with van der Waals surface area (Å²) in [5.41, 5.74) is 0. The summed E-state index contributed by atoms with van der Waals surface area (Å²) >= 11 is 0. The summed E-state index contributed by atoms with van der Waals surface area (Å²) in [6.45, 7) is 0. The highest BCUT2D eigenvalue weighted by molar-refractivity contribution is 7.81. The first-order chi connectivity index (χ1) is 3.06. The topological polar surface area (TPSA) is 72.5 Å². The Morgan fingerprint density at radius 1 is 1.43 bits per heavy atom.